The maximum atomic E-state index is 5.45. The molecule has 0 atom stereocenters. The van der Waals surface area contributed by atoms with Crippen molar-refractivity contribution in [1.82, 2.24) is 19.1 Å². The van der Waals surface area contributed by atoms with Gasteiger partial charge in [-0.05, 0) is 92.3 Å². The lowest BCUT2D eigenvalue weighted by Crippen LogP contribution is -2.03. The van der Waals surface area contributed by atoms with Crippen molar-refractivity contribution in [2.24, 2.45) is 0 Å². The van der Waals surface area contributed by atoms with E-state index < -0.39 is 0 Å². The van der Waals surface area contributed by atoms with Gasteiger partial charge in [-0.15, -0.1) is 0 Å². The number of aromatic nitrogens is 4. The summed E-state index contributed by atoms with van der Waals surface area (Å²) < 4.78 is 4.72. The number of para-hydroxylation sites is 3. The predicted molar refractivity (Wildman–Crippen MR) is 277 cm³/mol. The van der Waals surface area contributed by atoms with Crippen LogP contribution in [0.15, 0.2) is 231 Å². The average Bonchev–Trinajstić information content (AvgIpc) is 3.92. The van der Waals surface area contributed by atoms with E-state index in [2.05, 4.69) is 240 Å². The number of nitrogens with zero attached hydrogens (tertiary/aromatic N) is 4. The van der Waals surface area contributed by atoms with E-state index in [1.54, 1.807) is 0 Å². The average molecular weight is 839 g/mol. The summed E-state index contributed by atoms with van der Waals surface area (Å²) in [7, 11) is 0. The highest BCUT2D eigenvalue weighted by molar-refractivity contribution is 6.38. The second-order valence-corrected chi connectivity index (χ2v) is 17.3. The van der Waals surface area contributed by atoms with Gasteiger partial charge in [0.25, 0.3) is 0 Å². The Kier molecular flexibility index (Phi) is 7.95. The van der Waals surface area contributed by atoms with Crippen molar-refractivity contribution in [1.29, 1.82) is 0 Å². The van der Waals surface area contributed by atoms with Crippen LogP contribution < -0.4 is 0 Å². The minimum absolute atomic E-state index is 0.656. The van der Waals surface area contributed by atoms with E-state index in [4.69, 9.17) is 9.97 Å². The van der Waals surface area contributed by atoms with Gasteiger partial charge in [-0.25, -0.2) is 9.97 Å². The lowest BCUT2D eigenvalue weighted by Gasteiger charge is -2.16. The second-order valence-electron chi connectivity index (χ2n) is 17.3. The summed E-state index contributed by atoms with van der Waals surface area (Å²) in [5, 5.41) is 13.1. The van der Waals surface area contributed by atoms with E-state index in [0.717, 1.165) is 44.3 Å². The topological polar surface area (TPSA) is 35.6 Å². The van der Waals surface area contributed by atoms with Crippen LogP contribution >= 0.6 is 0 Å². The van der Waals surface area contributed by atoms with Crippen molar-refractivity contribution in [3.63, 3.8) is 0 Å². The summed E-state index contributed by atoms with van der Waals surface area (Å²) in [6.45, 7) is 0. The molecular formula is C62H38N4. The normalized spacial score (nSPS) is 11.9. The monoisotopic (exact) mass is 838 g/mol. The molecule has 0 spiro atoms. The van der Waals surface area contributed by atoms with Gasteiger partial charge in [0.05, 0.1) is 33.3 Å². The summed E-state index contributed by atoms with van der Waals surface area (Å²) >= 11 is 0. The molecule has 4 heteroatoms. The molecule has 0 fully saturated rings. The smallest absolute Gasteiger partial charge is 0.235 e. The summed E-state index contributed by atoms with van der Waals surface area (Å²) in [5.41, 5.74) is 13.4. The van der Waals surface area contributed by atoms with Crippen LogP contribution in [0.4, 0.5) is 0 Å². The van der Waals surface area contributed by atoms with Crippen LogP contribution in [0.1, 0.15) is 0 Å². The Morgan fingerprint density at radius 2 is 0.833 bits per heavy atom. The Hall–Kier alpha value is -8.86. The third-order valence-electron chi connectivity index (χ3n) is 13.7. The van der Waals surface area contributed by atoms with Gasteiger partial charge in [-0.2, -0.15) is 0 Å². The van der Waals surface area contributed by atoms with Crippen molar-refractivity contribution in [2.45, 2.75) is 0 Å². The first-order valence-corrected chi connectivity index (χ1v) is 22.6. The zero-order valence-corrected chi connectivity index (χ0v) is 35.7. The van der Waals surface area contributed by atoms with Gasteiger partial charge in [0.2, 0.25) is 5.95 Å². The maximum Gasteiger partial charge on any atom is 0.235 e. The SMILES string of the molecule is c1ccc(-c2ccc(-n3c4ccccc4c4cc(-c5cc6c7ccccc7c7c(c8ccccc8n7-c7nc(-c8ccccc8)c8ccccc8n7)c6c6ccccc56)ccc43)cc2)cc1. The van der Waals surface area contributed by atoms with E-state index in [1.165, 1.54) is 81.8 Å². The van der Waals surface area contributed by atoms with Crippen LogP contribution in [0.2, 0.25) is 0 Å². The summed E-state index contributed by atoms with van der Waals surface area (Å²) in [6.07, 6.45) is 0. The third kappa shape index (κ3) is 5.39. The van der Waals surface area contributed by atoms with Gasteiger partial charge in [0.15, 0.2) is 0 Å². The standard InChI is InChI=1S/C62H38N4/c1-3-17-39(18-4-1)40-31-34-43(35-32-40)65-55-29-15-12-23-46(55)52-37-42(33-36-57(52)65)51-38-53-45-22-8-10-25-48(45)61-59(58(53)47-24-9-7-21-44(47)51)50-27-13-16-30-56(50)66(61)62-63-54-28-14-11-26-49(54)60(64-62)41-19-5-2-6-20-41/h1-38H. The molecule has 0 saturated heterocycles. The lowest BCUT2D eigenvalue weighted by molar-refractivity contribution is 1.02. The van der Waals surface area contributed by atoms with Crippen molar-refractivity contribution >= 4 is 86.8 Å². The fourth-order valence-electron chi connectivity index (χ4n) is 10.8. The summed E-state index contributed by atoms with van der Waals surface area (Å²) in [5.74, 6) is 0.656. The molecule has 14 rings (SSSR count). The molecule has 66 heavy (non-hydrogen) atoms. The highest BCUT2D eigenvalue weighted by atomic mass is 15.2. The molecule has 14 aromatic rings. The lowest BCUT2D eigenvalue weighted by atomic mass is 9.88. The van der Waals surface area contributed by atoms with Crippen molar-refractivity contribution in [2.75, 3.05) is 0 Å². The minimum Gasteiger partial charge on any atom is -0.309 e. The van der Waals surface area contributed by atoms with Gasteiger partial charge in [-0.3, -0.25) is 4.57 Å². The molecule has 0 saturated carbocycles. The zero-order valence-electron chi connectivity index (χ0n) is 35.7. The second kappa shape index (κ2) is 14.3. The van der Waals surface area contributed by atoms with Crippen LogP contribution in [-0.2, 0) is 0 Å². The van der Waals surface area contributed by atoms with E-state index in [-0.39, 0.29) is 0 Å². The Labute approximate surface area is 379 Å². The van der Waals surface area contributed by atoms with Crippen LogP contribution in [0, 0.1) is 0 Å². The van der Waals surface area contributed by atoms with Crippen molar-refractivity contribution < 1.29 is 0 Å². The van der Waals surface area contributed by atoms with E-state index in [0.29, 0.717) is 5.95 Å². The number of rotatable bonds is 5. The molecule has 0 unspecified atom stereocenters. The van der Waals surface area contributed by atoms with Gasteiger partial charge >= 0.3 is 0 Å². The number of fused-ring (bicyclic) bond motifs is 14. The molecule has 0 N–H and O–H groups in total. The van der Waals surface area contributed by atoms with Gasteiger partial charge in [-0.1, -0.05) is 182 Å². The Bertz CT molecular complexity index is 4260. The van der Waals surface area contributed by atoms with E-state index in [1.807, 2.05) is 0 Å². The zero-order chi connectivity index (χ0) is 43.3. The molecule has 0 bridgehead atoms. The molecular weight excluding hydrogens is 801 g/mol. The predicted octanol–water partition coefficient (Wildman–Crippen LogP) is 16.3. The molecule has 4 nitrogen and oxygen atoms in total. The first-order valence-electron chi connectivity index (χ1n) is 22.6. The van der Waals surface area contributed by atoms with Gasteiger partial charge in [0, 0.05) is 49.0 Å². The first-order chi connectivity index (χ1) is 32.8. The summed E-state index contributed by atoms with van der Waals surface area (Å²) in [6, 6.07) is 83.3. The van der Waals surface area contributed by atoms with Crippen LogP contribution in [0.5, 0.6) is 0 Å². The Balaban J connectivity index is 1.03. The van der Waals surface area contributed by atoms with Crippen LogP contribution in [-0.4, -0.2) is 19.1 Å². The number of benzene rings is 11. The quantitative estimate of drug-likeness (QED) is 0.162. The first kappa shape index (κ1) is 36.6. The molecule has 3 aromatic heterocycles. The van der Waals surface area contributed by atoms with Gasteiger partial charge < -0.3 is 4.57 Å². The number of hydrogen-bond donors (Lipinski definition) is 0. The van der Waals surface area contributed by atoms with Crippen LogP contribution in [0.25, 0.3) is 132 Å². The molecule has 0 aliphatic heterocycles. The molecule has 11 aromatic carbocycles. The van der Waals surface area contributed by atoms with Gasteiger partial charge in [0.1, 0.15) is 0 Å². The third-order valence-corrected chi connectivity index (χ3v) is 13.7. The van der Waals surface area contributed by atoms with Crippen LogP contribution in [0.3, 0.4) is 0 Å². The largest absolute Gasteiger partial charge is 0.309 e. The molecule has 0 aliphatic carbocycles. The summed E-state index contributed by atoms with van der Waals surface area (Å²) in [4.78, 5) is 10.8. The van der Waals surface area contributed by atoms with E-state index >= 15 is 0 Å². The number of hydrogen-bond acceptors (Lipinski definition) is 2. The Morgan fingerprint density at radius 3 is 1.59 bits per heavy atom. The fourth-order valence-corrected chi connectivity index (χ4v) is 10.8. The molecule has 0 radical (unpaired) electrons. The fraction of sp³-hybridized carbons (Fsp3) is 0. The van der Waals surface area contributed by atoms with Crippen molar-refractivity contribution in [3.8, 4) is 45.1 Å². The van der Waals surface area contributed by atoms with E-state index in [9.17, 15) is 0 Å². The molecule has 3 heterocycles. The molecule has 0 amide bonds. The minimum atomic E-state index is 0.656. The highest BCUT2D eigenvalue weighted by Crippen LogP contribution is 2.47. The Morgan fingerprint density at radius 1 is 0.288 bits per heavy atom. The molecule has 306 valence electrons. The maximum absolute atomic E-state index is 5.45. The molecule has 0 aliphatic rings. The van der Waals surface area contributed by atoms with Crippen molar-refractivity contribution in [3.05, 3.63) is 231 Å². The highest BCUT2D eigenvalue weighted by Gasteiger charge is 2.24.